The van der Waals surface area contributed by atoms with E-state index in [4.69, 9.17) is 22.1 Å². The van der Waals surface area contributed by atoms with Crippen LogP contribution in [0.1, 0.15) is 41.7 Å². The summed E-state index contributed by atoms with van der Waals surface area (Å²) in [5, 5.41) is 11.7. The van der Waals surface area contributed by atoms with Crippen LogP contribution in [0.25, 0.3) is 16.8 Å². The van der Waals surface area contributed by atoms with E-state index in [9.17, 15) is 18.8 Å². The van der Waals surface area contributed by atoms with Crippen molar-refractivity contribution in [2.75, 3.05) is 7.11 Å². The third-order valence-electron chi connectivity index (χ3n) is 6.06. The summed E-state index contributed by atoms with van der Waals surface area (Å²) in [6.07, 6.45) is 3.73. The van der Waals surface area contributed by atoms with Crippen molar-refractivity contribution < 1.29 is 18.7 Å². The van der Waals surface area contributed by atoms with Crippen LogP contribution in [0.2, 0.25) is 5.02 Å². The molecule has 4 aromatic rings. The first-order chi connectivity index (χ1) is 18.2. The molecule has 0 aliphatic carbocycles. The van der Waals surface area contributed by atoms with Crippen LogP contribution in [-0.4, -0.2) is 43.6 Å². The number of pyridine rings is 1. The van der Waals surface area contributed by atoms with Gasteiger partial charge in [0, 0.05) is 28.6 Å². The second-order valence-electron chi connectivity index (χ2n) is 8.54. The maximum atomic E-state index is 14.2. The predicted molar refractivity (Wildman–Crippen MR) is 138 cm³/mol. The molecule has 196 valence electrons. The highest BCUT2D eigenvalue weighted by Gasteiger charge is 2.24. The van der Waals surface area contributed by atoms with Gasteiger partial charge in [0.15, 0.2) is 5.78 Å². The van der Waals surface area contributed by atoms with Crippen molar-refractivity contribution in [3.63, 3.8) is 0 Å². The monoisotopic (exact) mass is 538 g/mol. The predicted octanol–water partition coefficient (Wildman–Crippen LogP) is 3.54. The largest absolute Gasteiger partial charge is 0.495 e. The van der Waals surface area contributed by atoms with Gasteiger partial charge >= 0.3 is 0 Å². The molecule has 1 atom stereocenters. The topological polar surface area (TPSA) is 135 Å². The fourth-order valence-corrected chi connectivity index (χ4v) is 4.43. The number of rotatable bonds is 10. The second kappa shape index (κ2) is 11.3. The van der Waals surface area contributed by atoms with Gasteiger partial charge in [-0.1, -0.05) is 31.0 Å². The molecule has 2 aromatic heterocycles. The highest BCUT2D eigenvalue weighted by atomic mass is 35.5. The van der Waals surface area contributed by atoms with Gasteiger partial charge < -0.3 is 15.0 Å². The van der Waals surface area contributed by atoms with Gasteiger partial charge in [-0.25, -0.2) is 4.39 Å². The van der Waals surface area contributed by atoms with Gasteiger partial charge in [-0.2, -0.15) is 4.68 Å². The zero-order valence-corrected chi connectivity index (χ0v) is 21.4. The van der Waals surface area contributed by atoms with E-state index in [2.05, 4.69) is 15.5 Å². The number of aromatic nitrogens is 5. The van der Waals surface area contributed by atoms with Crippen molar-refractivity contribution >= 4 is 23.3 Å². The van der Waals surface area contributed by atoms with Gasteiger partial charge in [-0.15, -0.1) is 5.10 Å². The molecule has 2 N–H and O–H groups in total. The van der Waals surface area contributed by atoms with Gasteiger partial charge in [-0.05, 0) is 52.7 Å². The highest BCUT2D eigenvalue weighted by molar-refractivity contribution is 6.31. The van der Waals surface area contributed by atoms with Crippen LogP contribution >= 0.6 is 11.6 Å². The average Bonchev–Trinajstić information content (AvgIpc) is 3.42. The molecule has 4 rings (SSSR count). The van der Waals surface area contributed by atoms with E-state index in [-0.39, 0.29) is 17.8 Å². The molecule has 0 aliphatic heterocycles. The molecule has 1 amide bonds. The van der Waals surface area contributed by atoms with Crippen molar-refractivity contribution in [1.82, 2.24) is 24.8 Å². The first-order valence-corrected chi connectivity index (χ1v) is 12.1. The molecule has 0 fully saturated rings. The van der Waals surface area contributed by atoms with Gasteiger partial charge in [0.2, 0.25) is 0 Å². The standard InChI is InChI=1S/C26H24ClFN6O4/c1-3-4-22(23(35)10-15-5-7-17(26(29)37)20(28)9-15)33-13-24(38-2)19(12-25(33)36)18-11-16(27)6-8-21(18)34-14-30-31-32-34/h5-9,11-14,22H,3-4,10H2,1-2H3,(H2,29,37)/t22-/m0/s1. The average molecular weight is 539 g/mol. The van der Waals surface area contributed by atoms with E-state index in [0.29, 0.717) is 46.0 Å². The summed E-state index contributed by atoms with van der Waals surface area (Å²) in [5.74, 6) is -1.68. The Hall–Kier alpha value is -4.38. The van der Waals surface area contributed by atoms with E-state index in [1.54, 1.807) is 18.2 Å². The zero-order chi connectivity index (χ0) is 27.4. The van der Waals surface area contributed by atoms with Crippen LogP contribution in [-0.2, 0) is 11.2 Å². The number of nitrogens with zero attached hydrogens (tertiary/aromatic N) is 5. The summed E-state index contributed by atoms with van der Waals surface area (Å²) in [6, 6.07) is 9.41. The third kappa shape index (κ3) is 5.47. The number of carbonyl (C=O) groups excluding carboxylic acids is 2. The Bertz CT molecular complexity index is 1550. The number of halogens is 2. The van der Waals surface area contributed by atoms with Crippen molar-refractivity contribution in [2.45, 2.75) is 32.2 Å². The van der Waals surface area contributed by atoms with Gasteiger partial charge in [0.25, 0.3) is 11.5 Å². The zero-order valence-electron chi connectivity index (χ0n) is 20.6. The van der Waals surface area contributed by atoms with E-state index in [1.165, 1.54) is 47.1 Å². The number of hydrogen-bond acceptors (Lipinski definition) is 7. The molecule has 12 heteroatoms. The Labute approximate surface area is 221 Å². The Kier molecular flexibility index (Phi) is 7.96. The SMILES string of the molecule is CCC[C@@H](C(=O)Cc1ccc(C(N)=O)c(F)c1)n1cc(OC)c(-c2cc(Cl)ccc2-n2cnnn2)cc1=O. The molecule has 0 bridgehead atoms. The smallest absolute Gasteiger partial charge is 0.252 e. The van der Waals surface area contributed by atoms with E-state index >= 15 is 0 Å². The van der Waals surface area contributed by atoms with Crippen LogP contribution < -0.4 is 16.0 Å². The fraction of sp³-hybridized carbons (Fsp3) is 0.231. The number of nitrogens with two attached hydrogens (primary N) is 1. The number of benzene rings is 2. The van der Waals surface area contributed by atoms with E-state index in [0.717, 1.165) is 6.07 Å². The number of tetrazole rings is 1. The van der Waals surface area contributed by atoms with Crippen LogP contribution in [0, 0.1) is 5.82 Å². The Morgan fingerprint density at radius 1 is 1.16 bits per heavy atom. The highest BCUT2D eigenvalue weighted by Crippen LogP contribution is 2.35. The number of amides is 1. The molecule has 0 spiro atoms. The lowest BCUT2D eigenvalue weighted by atomic mass is 9.98. The number of methoxy groups -OCH3 is 1. The molecule has 38 heavy (non-hydrogen) atoms. The van der Waals surface area contributed by atoms with Crippen LogP contribution in [0.15, 0.2) is 59.8 Å². The summed E-state index contributed by atoms with van der Waals surface area (Å²) < 4.78 is 22.6. The van der Waals surface area contributed by atoms with Gasteiger partial charge in [0.1, 0.15) is 17.9 Å². The fourth-order valence-electron chi connectivity index (χ4n) is 4.26. The maximum Gasteiger partial charge on any atom is 0.252 e. The molecule has 10 nitrogen and oxygen atoms in total. The lowest BCUT2D eigenvalue weighted by Gasteiger charge is -2.21. The number of primary amides is 1. The van der Waals surface area contributed by atoms with Crippen molar-refractivity contribution in [3.8, 4) is 22.6 Å². The Morgan fingerprint density at radius 3 is 2.58 bits per heavy atom. The van der Waals surface area contributed by atoms with E-state index < -0.39 is 23.3 Å². The molecule has 2 heterocycles. The van der Waals surface area contributed by atoms with Gasteiger partial charge in [-0.3, -0.25) is 14.4 Å². The van der Waals surface area contributed by atoms with E-state index in [1.807, 2.05) is 6.92 Å². The lowest BCUT2D eigenvalue weighted by Crippen LogP contribution is -2.30. The first-order valence-electron chi connectivity index (χ1n) is 11.7. The summed E-state index contributed by atoms with van der Waals surface area (Å²) in [6.45, 7) is 1.89. The Morgan fingerprint density at radius 2 is 1.95 bits per heavy atom. The molecule has 0 unspecified atom stereocenters. The summed E-state index contributed by atoms with van der Waals surface area (Å²) >= 11 is 6.26. The summed E-state index contributed by atoms with van der Waals surface area (Å²) in [4.78, 5) is 38.0. The maximum absolute atomic E-state index is 14.2. The molecular weight excluding hydrogens is 515 g/mol. The summed E-state index contributed by atoms with van der Waals surface area (Å²) in [5.41, 5.74) is 6.38. The summed E-state index contributed by atoms with van der Waals surface area (Å²) in [7, 11) is 1.45. The molecule has 2 aromatic carbocycles. The minimum atomic E-state index is -0.897. The number of ether oxygens (including phenoxy) is 1. The van der Waals surface area contributed by atoms with Gasteiger partial charge in [0.05, 0.1) is 30.6 Å². The lowest BCUT2D eigenvalue weighted by molar-refractivity contribution is -0.121. The van der Waals surface area contributed by atoms with Crippen molar-refractivity contribution in [3.05, 3.63) is 87.3 Å². The normalized spacial score (nSPS) is 11.8. The Balaban J connectivity index is 1.74. The first kappa shape index (κ1) is 26.7. The minimum Gasteiger partial charge on any atom is -0.495 e. The number of hydrogen-bond donors (Lipinski definition) is 1. The second-order valence-corrected chi connectivity index (χ2v) is 8.98. The molecule has 0 radical (unpaired) electrons. The molecular formula is C26H24ClFN6O4. The van der Waals surface area contributed by atoms with Crippen LogP contribution in [0.4, 0.5) is 4.39 Å². The third-order valence-corrected chi connectivity index (χ3v) is 6.29. The minimum absolute atomic E-state index is 0.144. The molecule has 0 saturated heterocycles. The van der Waals surface area contributed by atoms with Crippen LogP contribution in [0.3, 0.4) is 0 Å². The number of ketones is 1. The number of Topliss-reactive ketones (excluding diaryl/α,β-unsaturated/α-hetero) is 1. The van der Waals surface area contributed by atoms with Crippen molar-refractivity contribution in [1.29, 1.82) is 0 Å². The van der Waals surface area contributed by atoms with Crippen LogP contribution in [0.5, 0.6) is 5.75 Å². The molecule has 0 aliphatic rings. The number of carbonyl (C=O) groups is 2. The van der Waals surface area contributed by atoms with Crippen molar-refractivity contribution in [2.24, 2.45) is 5.73 Å². The quantitative estimate of drug-likeness (QED) is 0.326. The molecule has 0 saturated carbocycles.